The molecule has 0 saturated heterocycles. The fourth-order valence-corrected chi connectivity index (χ4v) is 2.97. The van der Waals surface area contributed by atoms with Crippen LogP contribution >= 0.6 is 0 Å². The number of ether oxygens (including phenoxy) is 1. The van der Waals surface area contributed by atoms with Crippen LogP contribution in [-0.2, 0) is 0 Å². The molecule has 6 nitrogen and oxygen atoms in total. The van der Waals surface area contributed by atoms with Gasteiger partial charge in [-0.1, -0.05) is 49.4 Å². The predicted molar refractivity (Wildman–Crippen MR) is 104 cm³/mol. The minimum absolute atomic E-state index is 0.0361. The van der Waals surface area contributed by atoms with Crippen LogP contribution in [0.1, 0.15) is 41.2 Å². The Kier molecular flexibility index (Phi) is 5.35. The van der Waals surface area contributed by atoms with Gasteiger partial charge in [-0.15, -0.1) is 0 Å². The Morgan fingerprint density at radius 2 is 1.70 bits per heavy atom. The first-order valence-electron chi connectivity index (χ1n) is 8.69. The van der Waals surface area contributed by atoms with Gasteiger partial charge in [0.05, 0.1) is 5.69 Å². The summed E-state index contributed by atoms with van der Waals surface area (Å²) in [6.07, 6.45) is -0.000886. The minimum Gasteiger partial charge on any atom is -0.484 e. The van der Waals surface area contributed by atoms with Crippen LogP contribution in [0, 0.1) is 6.92 Å². The molecule has 0 aliphatic heterocycles. The second-order valence-electron chi connectivity index (χ2n) is 6.14. The first-order chi connectivity index (χ1) is 13.0. The molecule has 3 rings (SSSR count). The molecule has 0 aliphatic carbocycles. The molecule has 1 atom stereocenters. The molecule has 0 amide bonds. The van der Waals surface area contributed by atoms with Gasteiger partial charge in [0.25, 0.3) is 0 Å². The predicted octanol–water partition coefficient (Wildman–Crippen LogP) is 4.26. The van der Waals surface area contributed by atoms with Gasteiger partial charge < -0.3 is 15.6 Å². The van der Waals surface area contributed by atoms with E-state index in [-0.39, 0.29) is 11.5 Å². The number of nitrogen functional groups attached to an aromatic ring is 1. The lowest BCUT2D eigenvalue weighted by Crippen LogP contribution is -2.18. The number of aromatic nitrogens is 2. The van der Waals surface area contributed by atoms with Gasteiger partial charge in [-0.25, -0.2) is 14.8 Å². The lowest BCUT2D eigenvalue weighted by Gasteiger charge is -2.20. The van der Waals surface area contributed by atoms with Crippen molar-refractivity contribution >= 4 is 11.9 Å². The van der Waals surface area contributed by atoms with Crippen LogP contribution < -0.4 is 10.5 Å². The van der Waals surface area contributed by atoms with E-state index in [0.717, 1.165) is 11.1 Å². The van der Waals surface area contributed by atoms with Gasteiger partial charge in [0.2, 0.25) is 5.95 Å². The molecule has 6 heteroatoms. The van der Waals surface area contributed by atoms with E-state index in [9.17, 15) is 9.90 Å². The van der Waals surface area contributed by atoms with Crippen molar-refractivity contribution in [1.29, 1.82) is 0 Å². The van der Waals surface area contributed by atoms with Crippen LogP contribution in [-0.4, -0.2) is 21.0 Å². The summed E-state index contributed by atoms with van der Waals surface area (Å²) < 4.78 is 6.03. The maximum atomic E-state index is 11.7. The molecule has 1 heterocycles. The molecule has 1 unspecified atom stereocenters. The number of aromatic carboxylic acids is 1. The molecule has 27 heavy (non-hydrogen) atoms. The largest absolute Gasteiger partial charge is 0.484 e. The molecule has 0 fully saturated rings. The van der Waals surface area contributed by atoms with Gasteiger partial charge in [-0.05, 0) is 36.6 Å². The summed E-state index contributed by atoms with van der Waals surface area (Å²) in [7, 11) is 0. The Morgan fingerprint density at radius 3 is 2.30 bits per heavy atom. The van der Waals surface area contributed by atoms with Crippen molar-refractivity contribution in [3.8, 4) is 16.9 Å². The molecule has 0 bridgehead atoms. The summed E-state index contributed by atoms with van der Waals surface area (Å²) >= 11 is 0. The normalized spacial score (nSPS) is 11.8. The van der Waals surface area contributed by atoms with Gasteiger partial charge >= 0.3 is 5.97 Å². The topological polar surface area (TPSA) is 98.3 Å². The van der Waals surface area contributed by atoms with E-state index < -0.39 is 12.1 Å². The van der Waals surface area contributed by atoms with Gasteiger partial charge in [0.1, 0.15) is 23.1 Å². The number of benzene rings is 2. The fourth-order valence-electron chi connectivity index (χ4n) is 2.97. The zero-order valence-electron chi connectivity index (χ0n) is 15.2. The molecule has 1 aromatic heterocycles. The smallest absolute Gasteiger partial charge is 0.339 e. The van der Waals surface area contributed by atoms with Gasteiger partial charge in [0, 0.05) is 0 Å². The quantitative estimate of drug-likeness (QED) is 0.679. The zero-order chi connectivity index (χ0) is 19.4. The number of anilines is 1. The highest BCUT2D eigenvalue weighted by Gasteiger charge is 2.24. The van der Waals surface area contributed by atoms with Gasteiger partial charge in [0.15, 0.2) is 0 Å². The van der Waals surface area contributed by atoms with Gasteiger partial charge in [-0.3, -0.25) is 0 Å². The van der Waals surface area contributed by atoms with E-state index in [1.165, 1.54) is 0 Å². The number of rotatable bonds is 6. The first kappa shape index (κ1) is 18.4. The Hall–Kier alpha value is -3.41. The van der Waals surface area contributed by atoms with Crippen molar-refractivity contribution in [2.24, 2.45) is 0 Å². The maximum Gasteiger partial charge on any atom is 0.339 e. The molecule has 2 aromatic carbocycles. The maximum absolute atomic E-state index is 11.7. The van der Waals surface area contributed by atoms with E-state index in [0.29, 0.717) is 23.6 Å². The second-order valence-corrected chi connectivity index (χ2v) is 6.14. The highest BCUT2D eigenvalue weighted by atomic mass is 16.5. The van der Waals surface area contributed by atoms with Crippen LogP contribution in [0.4, 0.5) is 5.95 Å². The Labute approximate surface area is 157 Å². The standard InChI is InChI=1S/C21H21N3O3/c1-3-17(19-18(20(25)26)13(2)23-21(22)24-19)27-16-11-9-15(10-12-16)14-7-5-4-6-8-14/h4-12,17H,3H2,1-2H3,(H,25,26)(H2,22,23,24). The van der Waals surface area contributed by atoms with Crippen LogP contribution in [0.15, 0.2) is 54.6 Å². The third-order valence-electron chi connectivity index (χ3n) is 4.26. The summed E-state index contributed by atoms with van der Waals surface area (Å²) in [4.78, 5) is 19.8. The minimum atomic E-state index is -1.09. The number of nitrogens with zero attached hydrogens (tertiary/aromatic N) is 2. The molecular weight excluding hydrogens is 342 g/mol. The first-order valence-corrected chi connectivity index (χ1v) is 8.69. The van der Waals surface area contributed by atoms with E-state index in [1.54, 1.807) is 6.92 Å². The second kappa shape index (κ2) is 7.86. The zero-order valence-corrected chi connectivity index (χ0v) is 15.2. The molecule has 3 N–H and O–H groups in total. The molecule has 0 aliphatic rings. The molecule has 138 valence electrons. The number of carbonyl (C=O) groups is 1. The Morgan fingerprint density at radius 1 is 1.07 bits per heavy atom. The summed E-state index contributed by atoms with van der Waals surface area (Å²) in [5.74, 6) is -0.425. The number of hydrogen-bond acceptors (Lipinski definition) is 5. The fraction of sp³-hybridized carbons (Fsp3) is 0.190. The van der Waals surface area contributed by atoms with Crippen LogP contribution in [0.3, 0.4) is 0 Å². The van der Waals surface area contributed by atoms with Crippen molar-refractivity contribution in [3.63, 3.8) is 0 Å². The third-order valence-corrected chi connectivity index (χ3v) is 4.26. The van der Waals surface area contributed by atoms with E-state index >= 15 is 0 Å². The average molecular weight is 363 g/mol. The molecular formula is C21H21N3O3. The summed E-state index contributed by atoms with van der Waals surface area (Å²) in [5, 5.41) is 9.53. The van der Waals surface area contributed by atoms with Gasteiger partial charge in [-0.2, -0.15) is 0 Å². The third kappa shape index (κ3) is 4.06. The molecule has 3 aromatic rings. The van der Waals surface area contributed by atoms with Crippen molar-refractivity contribution in [1.82, 2.24) is 9.97 Å². The van der Waals surface area contributed by atoms with Crippen LogP contribution in [0.5, 0.6) is 5.75 Å². The number of nitrogens with two attached hydrogens (primary N) is 1. The van der Waals surface area contributed by atoms with E-state index in [1.807, 2.05) is 61.5 Å². The highest BCUT2D eigenvalue weighted by Crippen LogP contribution is 2.29. The summed E-state index contributed by atoms with van der Waals surface area (Å²) in [6.45, 7) is 3.51. The molecule has 0 radical (unpaired) electrons. The van der Waals surface area contributed by atoms with Crippen molar-refractivity contribution in [2.45, 2.75) is 26.4 Å². The number of aryl methyl sites for hydroxylation is 1. The SMILES string of the molecule is CCC(Oc1ccc(-c2ccccc2)cc1)c1nc(N)nc(C)c1C(=O)O. The van der Waals surface area contributed by atoms with Crippen molar-refractivity contribution < 1.29 is 14.6 Å². The molecule has 0 saturated carbocycles. The van der Waals surface area contributed by atoms with Crippen LogP contribution in [0.2, 0.25) is 0 Å². The number of hydrogen-bond donors (Lipinski definition) is 2. The van der Waals surface area contributed by atoms with Crippen LogP contribution in [0.25, 0.3) is 11.1 Å². The number of carboxylic acid groups (broad SMARTS) is 1. The van der Waals surface area contributed by atoms with E-state index in [2.05, 4.69) is 9.97 Å². The Balaban J connectivity index is 1.89. The Bertz CT molecular complexity index is 941. The summed E-state index contributed by atoms with van der Waals surface area (Å²) in [5.41, 5.74) is 8.57. The van der Waals surface area contributed by atoms with Crippen molar-refractivity contribution in [2.75, 3.05) is 5.73 Å². The monoisotopic (exact) mass is 363 g/mol. The van der Waals surface area contributed by atoms with Crippen molar-refractivity contribution in [3.05, 3.63) is 71.5 Å². The lowest BCUT2D eigenvalue weighted by molar-refractivity contribution is 0.0688. The lowest BCUT2D eigenvalue weighted by atomic mass is 10.0. The highest BCUT2D eigenvalue weighted by molar-refractivity contribution is 5.90. The average Bonchev–Trinajstić information content (AvgIpc) is 2.66. The number of carboxylic acids is 1. The van der Waals surface area contributed by atoms with E-state index in [4.69, 9.17) is 10.5 Å². The summed E-state index contributed by atoms with van der Waals surface area (Å²) in [6, 6.07) is 17.7. The molecule has 0 spiro atoms.